The number of hydrogen-bond donors (Lipinski definition) is 0. The zero-order valence-corrected chi connectivity index (χ0v) is 15.7. The van der Waals surface area contributed by atoms with E-state index in [0.29, 0.717) is 5.41 Å². The molecule has 0 aliphatic heterocycles. The smallest absolute Gasteiger partial charge is 0.229 e. The molecule has 0 fully saturated rings. The largest absolute Gasteiger partial charge is 0.550 e. The minimum absolute atomic E-state index is 0.470. The molecule has 0 saturated heterocycles. The second-order valence-corrected chi connectivity index (χ2v) is 10.1. The lowest BCUT2D eigenvalue weighted by Gasteiger charge is -2.31. The van der Waals surface area contributed by atoms with Crippen LogP contribution in [0.4, 0.5) is 0 Å². The molecule has 1 nitrogen and oxygen atoms in total. The van der Waals surface area contributed by atoms with Crippen molar-refractivity contribution in [2.45, 2.75) is 91.7 Å². The molecule has 1 atom stereocenters. The molecule has 20 heavy (non-hydrogen) atoms. The molecule has 0 N–H and O–H groups in total. The second kappa shape index (κ2) is 8.91. The lowest BCUT2D eigenvalue weighted by molar-refractivity contribution is 0.202. The fourth-order valence-corrected chi connectivity index (χ4v) is 4.01. The van der Waals surface area contributed by atoms with Gasteiger partial charge in [-0.25, -0.2) is 0 Å². The van der Waals surface area contributed by atoms with E-state index in [2.05, 4.69) is 39.9 Å². The van der Waals surface area contributed by atoms with Gasteiger partial charge in [-0.05, 0) is 62.6 Å². The third-order valence-electron chi connectivity index (χ3n) is 4.47. The maximum Gasteiger partial charge on any atom is 0.229 e. The Hall–Kier alpha value is -0.243. The molecular formula is C18H36OSi. The number of rotatable bonds is 2. The lowest BCUT2D eigenvalue weighted by Crippen LogP contribution is -2.20. The summed E-state index contributed by atoms with van der Waals surface area (Å²) in [6.07, 6.45) is 14.4. The molecule has 0 saturated carbocycles. The summed E-state index contributed by atoms with van der Waals surface area (Å²) in [6, 6.07) is 0. The van der Waals surface area contributed by atoms with Crippen LogP contribution in [0.5, 0.6) is 0 Å². The van der Waals surface area contributed by atoms with E-state index in [-0.39, 0.29) is 0 Å². The molecule has 1 aliphatic carbocycles. The van der Waals surface area contributed by atoms with Crippen molar-refractivity contribution in [2.24, 2.45) is 11.3 Å². The molecule has 0 aromatic heterocycles. The Bertz CT molecular complexity index is 288. The topological polar surface area (TPSA) is 9.23 Å². The fourth-order valence-electron chi connectivity index (χ4n) is 3.19. The van der Waals surface area contributed by atoms with Gasteiger partial charge in [0.1, 0.15) is 0 Å². The van der Waals surface area contributed by atoms with Crippen LogP contribution in [0.1, 0.15) is 78.6 Å². The Kier molecular flexibility index (Phi) is 7.94. The van der Waals surface area contributed by atoms with Crippen molar-refractivity contribution in [1.29, 1.82) is 0 Å². The molecule has 1 rings (SSSR count). The Balaban J connectivity index is 2.57. The molecule has 0 bridgehead atoms. The van der Waals surface area contributed by atoms with Crippen molar-refractivity contribution >= 4 is 9.04 Å². The molecule has 0 aromatic rings. The predicted molar refractivity (Wildman–Crippen MR) is 92.5 cm³/mol. The van der Waals surface area contributed by atoms with Gasteiger partial charge in [-0.3, -0.25) is 0 Å². The molecule has 0 spiro atoms. The van der Waals surface area contributed by atoms with Gasteiger partial charge in [0.05, 0.1) is 5.76 Å². The van der Waals surface area contributed by atoms with Crippen LogP contribution in [-0.4, -0.2) is 9.04 Å². The highest BCUT2D eigenvalue weighted by molar-refractivity contribution is 6.48. The summed E-state index contributed by atoms with van der Waals surface area (Å²) in [5, 5.41) is 0. The SMILES string of the molecule is C[SiH](C)OC1=CCCCC(C(C)(C)C)CCCCCC1. The first-order valence-corrected chi connectivity index (χ1v) is 11.5. The minimum atomic E-state index is -0.933. The van der Waals surface area contributed by atoms with Crippen LogP contribution in [0, 0.1) is 11.3 Å². The monoisotopic (exact) mass is 296 g/mol. The fraction of sp³-hybridized carbons (Fsp3) is 0.889. The maximum atomic E-state index is 6.09. The summed E-state index contributed by atoms with van der Waals surface area (Å²) in [6.45, 7) is 11.8. The van der Waals surface area contributed by atoms with E-state index in [9.17, 15) is 0 Å². The first-order chi connectivity index (χ1) is 9.39. The van der Waals surface area contributed by atoms with Gasteiger partial charge < -0.3 is 4.43 Å². The van der Waals surface area contributed by atoms with Gasteiger partial charge in [-0.15, -0.1) is 0 Å². The summed E-state index contributed by atoms with van der Waals surface area (Å²) in [7, 11) is -0.933. The highest BCUT2D eigenvalue weighted by Crippen LogP contribution is 2.35. The van der Waals surface area contributed by atoms with E-state index in [1.54, 1.807) is 0 Å². The van der Waals surface area contributed by atoms with Gasteiger partial charge in [0.2, 0.25) is 9.04 Å². The summed E-state index contributed by atoms with van der Waals surface area (Å²) in [4.78, 5) is 0. The standard InChI is InChI=1S/C18H36OSi/c1-18(2,3)16-12-8-6-7-9-14-17(19-20(4)5)15-11-10-13-16/h15-16,20H,6-14H2,1-5H3. The third-order valence-corrected chi connectivity index (χ3v) is 5.24. The van der Waals surface area contributed by atoms with E-state index >= 15 is 0 Å². The van der Waals surface area contributed by atoms with Gasteiger partial charge in [0.25, 0.3) is 0 Å². The zero-order valence-electron chi connectivity index (χ0n) is 14.5. The molecule has 118 valence electrons. The van der Waals surface area contributed by atoms with Crippen molar-refractivity contribution in [1.82, 2.24) is 0 Å². The van der Waals surface area contributed by atoms with Crippen molar-refractivity contribution < 1.29 is 4.43 Å². The Morgan fingerprint density at radius 2 is 1.65 bits per heavy atom. The molecule has 2 heteroatoms. The normalized spacial score (nSPS) is 23.7. The molecular weight excluding hydrogens is 260 g/mol. The minimum Gasteiger partial charge on any atom is -0.550 e. The summed E-state index contributed by atoms with van der Waals surface area (Å²) < 4.78 is 6.09. The van der Waals surface area contributed by atoms with Crippen molar-refractivity contribution in [2.75, 3.05) is 0 Å². The van der Waals surface area contributed by atoms with Crippen LogP contribution in [0.3, 0.4) is 0 Å². The Morgan fingerprint density at radius 3 is 2.30 bits per heavy atom. The van der Waals surface area contributed by atoms with E-state index in [1.165, 1.54) is 63.5 Å². The van der Waals surface area contributed by atoms with E-state index in [4.69, 9.17) is 4.43 Å². The number of hydrogen-bond acceptors (Lipinski definition) is 1. The predicted octanol–water partition coefficient (Wildman–Crippen LogP) is 6.06. The van der Waals surface area contributed by atoms with Crippen LogP contribution in [-0.2, 0) is 4.43 Å². The zero-order chi connectivity index (χ0) is 15.0. The second-order valence-electron chi connectivity index (χ2n) is 7.78. The summed E-state index contributed by atoms with van der Waals surface area (Å²) >= 11 is 0. The first kappa shape index (κ1) is 17.8. The molecule has 0 amide bonds. The third kappa shape index (κ3) is 7.52. The molecule has 0 heterocycles. The van der Waals surface area contributed by atoms with Crippen LogP contribution in [0.15, 0.2) is 11.8 Å². The van der Waals surface area contributed by atoms with Crippen molar-refractivity contribution in [3.05, 3.63) is 11.8 Å². The summed E-state index contributed by atoms with van der Waals surface area (Å²) in [5.41, 5.74) is 0.470. The molecule has 0 aromatic carbocycles. The van der Waals surface area contributed by atoms with Crippen molar-refractivity contribution in [3.63, 3.8) is 0 Å². The average Bonchev–Trinajstić information content (AvgIpc) is 2.30. The van der Waals surface area contributed by atoms with Gasteiger partial charge in [0, 0.05) is 6.42 Å². The van der Waals surface area contributed by atoms with E-state index in [1.807, 2.05) is 0 Å². The highest BCUT2D eigenvalue weighted by atomic mass is 28.3. The van der Waals surface area contributed by atoms with E-state index < -0.39 is 9.04 Å². The van der Waals surface area contributed by atoms with Gasteiger partial charge >= 0.3 is 0 Å². The maximum absolute atomic E-state index is 6.09. The lowest BCUT2D eigenvalue weighted by atomic mass is 9.75. The van der Waals surface area contributed by atoms with E-state index in [0.717, 1.165) is 5.92 Å². The molecule has 1 unspecified atom stereocenters. The number of allylic oxidation sites excluding steroid dienone is 2. The average molecular weight is 297 g/mol. The van der Waals surface area contributed by atoms with Crippen molar-refractivity contribution in [3.8, 4) is 0 Å². The Labute approximate surface area is 128 Å². The van der Waals surface area contributed by atoms with Gasteiger partial charge in [-0.2, -0.15) is 0 Å². The quantitative estimate of drug-likeness (QED) is 0.563. The van der Waals surface area contributed by atoms with Crippen LogP contribution >= 0.6 is 0 Å². The van der Waals surface area contributed by atoms with Gasteiger partial charge in [-0.1, -0.05) is 40.0 Å². The van der Waals surface area contributed by atoms with Crippen LogP contribution < -0.4 is 0 Å². The molecule has 0 radical (unpaired) electrons. The van der Waals surface area contributed by atoms with Gasteiger partial charge in [0.15, 0.2) is 0 Å². The molecule has 1 aliphatic rings. The van der Waals surface area contributed by atoms with Crippen LogP contribution in [0.2, 0.25) is 13.1 Å². The highest BCUT2D eigenvalue weighted by Gasteiger charge is 2.23. The van der Waals surface area contributed by atoms with Crippen LogP contribution in [0.25, 0.3) is 0 Å². The first-order valence-electron chi connectivity index (χ1n) is 8.75. The summed E-state index contributed by atoms with van der Waals surface area (Å²) in [5.74, 6) is 2.19. The Morgan fingerprint density at radius 1 is 1.00 bits per heavy atom.